The third-order valence-corrected chi connectivity index (χ3v) is 5.47. The largest absolute Gasteiger partial charge is 0.416 e. The van der Waals surface area contributed by atoms with Crippen LogP contribution in [0.15, 0.2) is 60.8 Å². The minimum absolute atomic E-state index is 0.0332. The summed E-state index contributed by atoms with van der Waals surface area (Å²) in [5.74, 6) is -0.121. The molecule has 1 saturated heterocycles. The number of carbonyl (C=O) groups is 1. The van der Waals surface area contributed by atoms with Crippen LogP contribution in [-0.4, -0.2) is 53.4 Å². The third-order valence-electron chi connectivity index (χ3n) is 5.47. The lowest BCUT2D eigenvalue weighted by atomic mass is 10.1. The van der Waals surface area contributed by atoms with E-state index in [4.69, 9.17) is 0 Å². The molecule has 1 amide bonds. The minimum atomic E-state index is -4.41. The smallest absolute Gasteiger partial charge is 0.376 e. The fourth-order valence-electron chi connectivity index (χ4n) is 3.79. The second kappa shape index (κ2) is 8.93. The summed E-state index contributed by atoms with van der Waals surface area (Å²) in [6.07, 6.45) is -2.61. The Morgan fingerprint density at radius 3 is 2.52 bits per heavy atom. The van der Waals surface area contributed by atoms with E-state index in [0.717, 1.165) is 48.2 Å². The van der Waals surface area contributed by atoms with Crippen LogP contribution in [0.4, 0.5) is 18.9 Å². The maximum atomic E-state index is 12.8. The molecule has 0 radical (unpaired) electrons. The van der Waals surface area contributed by atoms with E-state index in [1.54, 1.807) is 11.1 Å². The number of nitrogens with zero attached hydrogens (tertiary/aromatic N) is 3. The van der Waals surface area contributed by atoms with Gasteiger partial charge in [-0.1, -0.05) is 30.3 Å². The lowest BCUT2D eigenvalue weighted by molar-refractivity contribution is -0.137. The van der Waals surface area contributed by atoms with Crippen molar-refractivity contribution >= 4 is 22.5 Å². The number of alkyl halides is 3. The van der Waals surface area contributed by atoms with Crippen molar-refractivity contribution in [2.45, 2.75) is 12.7 Å². The Kier molecular flexibility index (Phi) is 6.08. The van der Waals surface area contributed by atoms with E-state index < -0.39 is 11.7 Å². The number of piperazine rings is 1. The maximum Gasteiger partial charge on any atom is 0.416 e. The van der Waals surface area contributed by atoms with Gasteiger partial charge in [-0.3, -0.25) is 14.7 Å². The van der Waals surface area contributed by atoms with Crippen molar-refractivity contribution in [3.63, 3.8) is 0 Å². The van der Waals surface area contributed by atoms with Crippen LogP contribution in [0.3, 0.4) is 0 Å². The summed E-state index contributed by atoms with van der Waals surface area (Å²) >= 11 is 0. The Balaban J connectivity index is 1.29. The van der Waals surface area contributed by atoms with Gasteiger partial charge in [0.15, 0.2) is 0 Å². The monoisotopic (exact) mass is 428 g/mol. The molecule has 8 heteroatoms. The summed E-state index contributed by atoms with van der Waals surface area (Å²) < 4.78 is 38.5. The molecule has 4 rings (SSSR count). The van der Waals surface area contributed by atoms with E-state index >= 15 is 0 Å². The van der Waals surface area contributed by atoms with Crippen LogP contribution in [0.1, 0.15) is 11.1 Å². The van der Waals surface area contributed by atoms with Gasteiger partial charge in [0.25, 0.3) is 0 Å². The summed E-state index contributed by atoms with van der Waals surface area (Å²) in [6.45, 7) is 3.37. The highest BCUT2D eigenvalue weighted by Crippen LogP contribution is 2.30. The molecule has 1 aliphatic rings. The molecule has 0 spiro atoms. The van der Waals surface area contributed by atoms with Gasteiger partial charge in [-0.05, 0) is 29.8 Å². The van der Waals surface area contributed by atoms with Crippen LogP contribution in [0.5, 0.6) is 0 Å². The lowest BCUT2D eigenvalue weighted by Gasteiger charge is -2.35. The first kappa shape index (κ1) is 21.1. The van der Waals surface area contributed by atoms with Crippen LogP contribution >= 0.6 is 0 Å². The zero-order valence-corrected chi connectivity index (χ0v) is 16.9. The molecule has 0 atom stereocenters. The zero-order valence-electron chi connectivity index (χ0n) is 16.9. The van der Waals surface area contributed by atoms with Gasteiger partial charge >= 0.3 is 6.18 Å². The molecule has 2 aromatic carbocycles. The summed E-state index contributed by atoms with van der Waals surface area (Å²) in [6, 6.07) is 15.0. The number of halogens is 3. The SMILES string of the molecule is O=C(CNc1cccc(C(F)(F)F)c1)N1CCN(Cc2cccc3cccnc23)CC1. The molecule has 3 aromatic rings. The number of pyridine rings is 1. The molecule has 1 aromatic heterocycles. The van der Waals surface area contributed by atoms with Gasteiger partial charge in [0.2, 0.25) is 5.91 Å². The van der Waals surface area contributed by atoms with Gasteiger partial charge in [-0.2, -0.15) is 13.2 Å². The van der Waals surface area contributed by atoms with Crippen molar-refractivity contribution < 1.29 is 18.0 Å². The van der Waals surface area contributed by atoms with Crippen molar-refractivity contribution in [3.8, 4) is 0 Å². The van der Waals surface area contributed by atoms with Gasteiger partial charge in [0.1, 0.15) is 0 Å². The first-order valence-electron chi connectivity index (χ1n) is 10.1. The average Bonchev–Trinajstić information content (AvgIpc) is 2.78. The maximum absolute atomic E-state index is 12.8. The molecule has 1 fully saturated rings. The van der Waals surface area contributed by atoms with Crippen molar-refractivity contribution in [3.05, 3.63) is 71.9 Å². The quantitative estimate of drug-likeness (QED) is 0.667. The normalized spacial score (nSPS) is 15.3. The number of rotatable bonds is 5. The Bertz CT molecular complexity index is 1060. The van der Waals surface area contributed by atoms with Crippen LogP contribution in [0.2, 0.25) is 0 Å². The molecule has 0 saturated carbocycles. The summed E-state index contributed by atoms with van der Waals surface area (Å²) in [4.78, 5) is 21.0. The van der Waals surface area contributed by atoms with Crippen molar-refractivity contribution in [1.82, 2.24) is 14.8 Å². The Hall–Kier alpha value is -3.13. The number of para-hydroxylation sites is 1. The lowest BCUT2D eigenvalue weighted by Crippen LogP contribution is -2.49. The van der Waals surface area contributed by atoms with Crippen molar-refractivity contribution in [2.75, 3.05) is 38.0 Å². The number of fused-ring (bicyclic) bond motifs is 1. The second-order valence-corrected chi connectivity index (χ2v) is 7.58. The Morgan fingerprint density at radius 1 is 1.00 bits per heavy atom. The zero-order chi connectivity index (χ0) is 21.8. The highest BCUT2D eigenvalue weighted by molar-refractivity contribution is 5.82. The molecular weight excluding hydrogens is 405 g/mol. The minimum Gasteiger partial charge on any atom is -0.376 e. The molecule has 1 aliphatic heterocycles. The fourth-order valence-corrected chi connectivity index (χ4v) is 3.79. The molecule has 0 aliphatic carbocycles. The number of nitrogens with one attached hydrogen (secondary N) is 1. The molecule has 5 nitrogen and oxygen atoms in total. The van der Waals surface area contributed by atoms with E-state index in [1.165, 1.54) is 12.1 Å². The highest BCUT2D eigenvalue weighted by atomic mass is 19.4. The predicted molar refractivity (Wildman–Crippen MR) is 114 cm³/mol. The van der Waals surface area contributed by atoms with E-state index in [1.807, 2.05) is 24.3 Å². The molecular formula is C23H23F3N4O. The Morgan fingerprint density at radius 2 is 1.74 bits per heavy atom. The highest BCUT2D eigenvalue weighted by Gasteiger charge is 2.30. The van der Waals surface area contributed by atoms with E-state index in [9.17, 15) is 18.0 Å². The van der Waals surface area contributed by atoms with Crippen molar-refractivity contribution in [1.29, 1.82) is 0 Å². The molecule has 162 valence electrons. The first-order chi connectivity index (χ1) is 14.9. The van der Waals surface area contributed by atoms with Gasteiger partial charge < -0.3 is 10.2 Å². The first-order valence-corrected chi connectivity index (χ1v) is 10.1. The standard InChI is InChI=1S/C23H23F3N4O/c24-23(25,26)19-7-2-8-20(14-19)28-15-21(31)30-12-10-29(11-13-30)16-18-5-1-4-17-6-3-9-27-22(17)18/h1-9,14,28H,10-13,15-16H2. The third kappa shape index (κ3) is 5.14. The number of carbonyl (C=O) groups excluding carboxylic acids is 1. The summed E-state index contributed by atoms with van der Waals surface area (Å²) in [7, 11) is 0. The summed E-state index contributed by atoms with van der Waals surface area (Å²) in [5.41, 5.74) is 1.70. The predicted octanol–water partition coefficient (Wildman–Crippen LogP) is 4.01. The molecule has 1 N–H and O–H groups in total. The fraction of sp³-hybridized carbons (Fsp3) is 0.304. The van der Waals surface area contributed by atoms with Crippen LogP contribution in [0.25, 0.3) is 10.9 Å². The van der Waals surface area contributed by atoms with Crippen LogP contribution < -0.4 is 5.32 Å². The topological polar surface area (TPSA) is 48.5 Å². The van der Waals surface area contributed by atoms with Crippen LogP contribution in [-0.2, 0) is 17.5 Å². The number of hydrogen-bond donors (Lipinski definition) is 1. The van der Waals surface area contributed by atoms with Gasteiger partial charge in [-0.15, -0.1) is 0 Å². The Labute approximate surface area is 178 Å². The van der Waals surface area contributed by atoms with Crippen molar-refractivity contribution in [2.24, 2.45) is 0 Å². The van der Waals surface area contributed by atoms with Gasteiger partial charge in [-0.25, -0.2) is 0 Å². The molecule has 31 heavy (non-hydrogen) atoms. The average molecular weight is 428 g/mol. The number of hydrogen-bond acceptors (Lipinski definition) is 4. The van der Waals surface area contributed by atoms with E-state index in [0.29, 0.717) is 13.1 Å². The molecule has 0 bridgehead atoms. The number of benzene rings is 2. The number of aromatic nitrogens is 1. The summed E-state index contributed by atoms with van der Waals surface area (Å²) in [5, 5.41) is 3.92. The van der Waals surface area contributed by atoms with Crippen LogP contribution in [0, 0.1) is 0 Å². The number of amides is 1. The molecule has 0 unspecified atom stereocenters. The number of anilines is 1. The molecule has 2 heterocycles. The van der Waals surface area contributed by atoms with Gasteiger partial charge in [0, 0.05) is 50.0 Å². The van der Waals surface area contributed by atoms with Gasteiger partial charge in [0.05, 0.1) is 17.6 Å². The second-order valence-electron chi connectivity index (χ2n) is 7.58. The van der Waals surface area contributed by atoms with E-state index in [2.05, 4.69) is 21.3 Å². The van der Waals surface area contributed by atoms with E-state index in [-0.39, 0.29) is 18.1 Å².